The van der Waals surface area contributed by atoms with E-state index in [0.717, 1.165) is 25.2 Å². The molecule has 0 spiro atoms. The first kappa shape index (κ1) is 18.8. The molecule has 1 aliphatic heterocycles. The second kappa shape index (κ2) is 7.46. The first-order valence-corrected chi connectivity index (χ1v) is 10.5. The van der Waals surface area contributed by atoms with Gasteiger partial charge in [0.25, 0.3) is 0 Å². The third-order valence-electron chi connectivity index (χ3n) is 4.82. The Kier molecular flexibility index (Phi) is 5.00. The lowest BCUT2D eigenvalue weighted by atomic mass is 10.1. The van der Waals surface area contributed by atoms with Crippen molar-refractivity contribution in [3.63, 3.8) is 0 Å². The summed E-state index contributed by atoms with van der Waals surface area (Å²) < 4.78 is 35.2. The largest absolute Gasteiger partial charge is 0.593 e. The van der Waals surface area contributed by atoms with E-state index in [-0.39, 0.29) is 10.9 Å². The van der Waals surface area contributed by atoms with Crippen LogP contribution in [0.4, 0.5) is 5.82 Å². The minimum absolute atomic E-state index is 0.198. The van der Waals surface area contributed by atoms with Crippen molar-refractivity contribution in [3.05, 3.63) is 42.2 Å². The van der Waals surface area contributed by atoms with Gasteiger partial charge in [-0.3, -0.25) is 0 Å². The van der Waals surface area contributed by atoms with Gasteiger partial charge in [0.2, 0.25) is 0 Å². The molecule has 1 fully saturated rings. The molecule has 3 aromatic rings. The van der Waals surface area contributed by atoms with Crippen LogP contribution in [-0.4, -0.2) is 50.6 Å². The zero-order valence-electron chi connectivity index (χ0n) is 15.7. The maximum Gasteiger partial charge on any atom is 0.178 e. The molecule has 0 aliphatic carbocycles. The topological polar surface area (TPSA) is 108 Å². The molecule has 0 radical (unpaired) electrons. The van der Waals surface area contributed by atoms with Gasteiger partial charge in [0.1, 0.15) is 11.6 Å². The Labute approximate surface area is 164 Å². The quantitative estimate of drug-likeness (QED) is 0.646. The van der Waals surface area contributed by atoms with Crippen molar-refractivity contribution in [1.29, 1.82) is 0 Å². The number of sulfonamides is 1. The smallest absolute Gasteiger partial charge is 0.178 e. The van der Waals surface area contributed by atoms with Gasteiger partial charge in [-0.2, -0.15) is 4.52 Å². The number of ether oxygens (including phenoxy) is 1. The van der Waals surface area contributed by atoms with Gasteiger partial charge in [-0.25, -0.2) is 0 Å². The first-order valence-electron chi connectivity index (χ1n) is 9.07. The second-order valence-corrected chi connectivity index (χ2v) is 8.51. The van der Waals surface area contributed by atoms with Crippen molar-refractivity contribution in [2.24, 2.45) is 0 Å². The maximum absolute atomic E-state index is 12.8. The molecule has 0 amide bonds. The number of piperidine rings is 1. The average Bonchev–Trinajstić information content (AvgIpc) is 3.08. The molecule has 2 atom stereocenters. The SMILES string of the molecule is COc1cccc([S+](=O)([O-])NC2CCCN(c3ccc4nnc(C)n4n3)C2)c1. The number of hydrogen-bond donors (Lipinski definition) is 1. The van der Waals surface area contributed by atoms with Crippen LogP contribution in [-0.2, 0) is 14.6 Å². The van der Waals surface area contributed by atoms with Gasteiger partial charge in [-0.05, 0) is 44.0 Å². The second-order valence-electron chi connectivity index (χ2n) is 6.79. The number of hydrogen-bond acceptors (Lipinski definition) is 7. The number of benzene rings is 1. The molecule has 1 aromatic carbocycles. The number of nitrogens with zero attached hydrogens (tertiary/aromatic N) is 5. The van der Waals surface area contributed by atoms with Crippen molar-refractivity contribution < 1.29 is 13.5 Å². The Bertz CT molecular complexity index is 1040. The molecule has 3 heterocycles. The molecule has 0 saturated carbocycles. The third kappa shape index (κ3) is 3.71. The molecule has 148 valence electrons. The molecule has 2 unspecified atom stereocenters. The van der Waals surface area contributed by atoms with Crippen LogP contribution in [0.25, 0.3) is 5.65 Å². The molecule has 1 saturated heterocycles. The number of methoxy groups -OCH3 is 1. The molecule has 2 aromatic heterocycles. The maximum atomic E-state index is 12.8. The van der Waals surface area contributed by atoms with Gasteiger partial charge >= 0.3 is 0 Å². The summed E-state index contributed by atoms with van der Waals surface area (Å²) in [5.41, 5.74) is 0.688. The van der Waals surface area contributed by atoms with E-state index in [1.807, 2.05) is 19.1 Å². The highest BCUT2D eigenvalue weighted by molar-refractivity contribution is 7.95. The van der Waals surface area contributed by atoms with Gasteiger partial charge in [-0.1, -0.05) is 10.3 Å². The Morgan fingerprint density at radius 3 is 2.96 bits per heavy atom. The summed E-state index contributed by atoms with van der Waals surface area (Å²) in [5.74, 6) is 2.00. The van der Waals surface area contributed by atoms with Gasteiger partial charge in [0, 0.05) is 19.2 Å². The van der Waals surface area contributed by atoms with Crippen LogP contribution in [0.3, 0.4) is 0 Å². The summed E-state index contributed by atoms with van der Waals surface area (Å²) in [7, 11) is -2.12. The van der Waals surface area contributed by atoms with E-state index < -0.39 is 10.4 Å². The summed E-state index contributed by atoms with van der Waals surface area (Å²) in [4.78, 5) is 2.28. The van der Waals surface area contributed by atoms with Crippen molar-refractivity contribution >= 4 is 21.9 Å². The summed E-state index contributed by atoms with van der Waals surface area (Å²) in [6.07, 6.45) is 1.64. The Balaban J connectivity index is 1.51. The first-order chi connectivity index (χ1) is 13.5. The van der Waals surface area contributed by atoms with Crippen LogP contribution < -0.4 is 14.4 Å². The van der Waals surface area contributed by atoms with E-state index in [2.05, 4.69) is 24.9 Å². The molecule has 1 aliphatic rings. The van der Waals surface area contributed by atoms with Crippen molar-refractivity contribution in [2.75, 3.05) is 25.1 Å². The van der Waals surface area contributed by atoms with Gasteiger partial charge in [0.05, 0.1) is 13.2 Å². The van der Waals surface area contributed by atoms with Gasteiger partial charge in [0.15, 0.2) is 26.8 Å². The van der Waals surface area contributed by atoms with E-state index in [9.17, 15) is 8.76 Å². The summed E-state index contributed by atoms with van der Waals surface area (Å²) in [6.45, 7) is 3.21. The molecular formula is C18H22N6O3S. The minimum Gasteiger partial charge on any atom is -0.593 e. The number of fused-ring (bicyclic) bond motifs is 1. The standard InChI is InChI=1S/C18H22N6O3S/c1-13-19-20-17-8-9-18(21-24(13)17)23-10-4-5-14(12-23)22-28(25,26)16-7-3-6-15(11-16)27-2/h3,6-9,11,14H,4-5,10,12H2,1-2H3,(H-,22,25,26). The van der Waals surface area contributed by atoms with E-state index in [1.54, 1.807) is 22.7 Å². The fraction of sp³-hybridized carbons (Fsp3) is 0.389. The Morgan fingerprint density at radius 2 is 2.14 bits per heavy atom. The predicted molar refractivity (Wildman–Crippen MR) is 104 cm³/mol. The van der Waals surface area contributed by atoms with Crippen LogP contribution in [0, 0.1) is 6.92 Å². The number of anilines is 1. The van der Waals surface area contributed by atoms with Crippen molar-refractivity contribution in [1.82, 2.24) is 24.5 Å². The molecule has 10 heteroatoms. The molecule has 28 heavy (non-hydrogen) atoms. The number of aromatic nitrogens is 4. The predicted octanol–water partition coefficient (Wildman–Crippen LogP) is 1.60. The molecule has 9 nitrogen and oxygen atoms in total. The lowest BCUT2D eigenvalue weighted by Crippen LogP contribution is -2.49. The fourth-order valence-electron chi connectivity index (χ4n) is 3.39. The molecule has 1 N–H and O–H groups in total. The van der Waals surface area contributed by atoms with E-state index in [0.29, 0.717) is 23.8 Å². The fourth-order valence-corrected chi connectivity index (χ4v) is 4.69. The zero-order valence-corrected chi connectivity index (χ0v) is 16.6. The summed E-state index contributed by atoms with van der Waals surface area (Å²) >= 11 is 0. The lowest BCUT2D eigenvalue weighted by molar-refractivity contribution is 0.409. The van der Waals surface area contributed by atoms with E-state index in [1.165, 1.54) is 13.2 Å². The molecule has 0 bridgehead atoms. The van der Waals surface area contributed by atoms with Crippen LogP contribution >= 0.6 is 0 Å². The van der Waals surface area contributed by atoms with Crippen LogP contribution in [0.2, 0.25) is 0 Å². The highest BCUT2D eigenvalue weighted by Crippen LogP contribution is 2.23. The van der Waals surface area contributed by atoms with E-state index in [4.69, 9.17) is 4.74 Å². The van der Waals surface area contributed by atoms with Crippen LogP contribution in [0.15, 0.2) is 41.3 Å². The van der Waals surface area contributed by atoms with Crippen LogP contribution in [0.5, 0.6) is 5.75 Å². The van der Waals surface area contributed by atoms with Crippen molar-refractivity contribution in [2.45, 2.75) is 30.7 Å². The third-order valence-corrected chi connectivity index (χ3v) is 6.34. The number of rotatable bonds is 5. The van der Waals surface area contributed by atoms with Gasteiger partial charge in [-0.15, -0.1) is 20.0 Å². The number of nitrogens with one attached hydrogen (secondary N) is 1. The Hall–Kier alpha value is -2.56. The van der Waals surface area contributed by atoms with Crippen LogP contribution in [0.1, 0.15) is 18.7 Å². The Morgan fingerprint density at radius 1 is 1.29 bits per heavy atom. The summed E-state index contributed by atoms with van der Waals surface area (Å²) in [6, 6.07) is 10.0. The normalized spacial score (nSPS) is 19.5. The lowest BCUT2D eigenvalue weighted by Gasteiger charge is -2.34. The van der Waals surface area contributed by atoms with E-state index >= 15 is 0 Å². The monoisotopic (exact) mass is 402 g/mol. The van der Waals surface area contributed by atoms with Crippen molar-refractivity contribution in [3.8, 4) is 5.75 Å². The number of aryl methyl sites for hydroxylation is 1. The zero-order chi connectivity index (χ0) is 19.7. The van der Waals surface area contributed by atoms with Gasteiger partial charge < -0.3 is 14.2 Å². The molecule has 4 rings (SSSR count). The minimum atomic E-state index is -3.63. The highest BCUT2D eigenvalue weighted by Gasteiger charge is 2.30. The average molecular weight is 402 g/mol. The summed E-state index contributed by atoms with van der Waals surface area (Å²) in [5, 5.41) is 12.7. The molecular weight excluding hydrogens is 380 g/mol. The highest BCUT2D eigenvalue weighted by atomic mass is 32.3.